The van der Waals surface area contributed by atoms with Crippen molar-refractivity contribution in [1.82, 2.24) is 10.3 Å². The highest BCUT2D eigenvalue weighted by atomic mass is 19.3. The van der Waals surface area contributed by atoms with Gasteiger partial charge in [-0.25, -0.2) is 8.78 Å². The number of H-pyrrole nitrogens is 1. The quantitative estimate of drug-likeness (QED) is 0.609. The second-order valence-electron chi connectivity index (χ2n) is 5.64. The van der Waals surface area contributed by atoms with E-state index in [9.17, 15) is 8.78 Å². The summed E-state index contributed by atoms with van der Waals surface area (Å²) in [5, 5.41) is 4.55. The normalized spacial score (nSPS) is 11.3. The van der Waals surface area contributed by atoms with Gasteiger partial charge in [-0.3, -0.25) is 0 Å². The summed E-state index contributed by atoms with van der Waals surface area (Å²) >= 11 is 0. The van der Waals surface area contributed by atoms with Crippen LogP contribution in [0.3, 0.4) is 0 Å². The van der Waals surface area contributed by atoms with Crippen LogP contribution in [0.5, 0.6) is 5.75 Å². The summed E-state index contributed by atoms with van der Waals surface area (Å²) in [5.41, 5.74) is 3.29. The molecule has 126 valence electrons. The summed E-state index contributed by atoms with van der Waals surface area (Å²) in [6.45, 7) is 0.818. The van der Waals surface area contributed by atoms with Gasteiger partial charge in [0.2, 0.25) is 0 Å². The predicted octanol–water partition coefficient (Wildman–Crippen LogP) is 4.14. The molecule has 0 atom stereocenters. The molecule has 5 heteroatoms. The summed E-state index contributed by atoms with van der Waals surface area (Å²) in [4.78, 5) is 3.18. The highest BCUT2D eigenvalue weighted by Crippen LogP contribution is 2.18. The molecule has 0 saturated carbocycles. The molecule has 3 aromatic rings. The lowest BCUT2D eigenvalue weighted by Crippen LogP contribution is -2.18. The second kappa shape index (κ2) is 7.93. The van der Waals surface area contributed by atoms with Crippen molar-refractivity contribution in [3.63, 3.8) is 0 Å². The minimum atomic E-state index is -2.46. The Morgan fingerprint density at radius 1 is 1.08 bits per heavy atom. The first-order valence-corrected chi connectivity index (χ1v) is 7.98. The van der Waals surface area contributed by atoms with E-state index >= 15 is 0 Å². The second-order valence-corrected chi connectivity index (χ2v) is 5.64. The first-order valence-electron chi connectivity index (χ1n) is 7.98. The van der Waals surface area contributed by atoms with Crippen LogP contribution in [-0.4, -0.2) is 24.6 Å². The summed E-state index contributed by atoms with van der Waals surface area (Å²) < 4.78 is 29.7. The van der Waals surface area contributed by atoms with Crippen molar-refractivity contribution in [3.8, 4) is 5.75 Å². The molecule has 0 bridgehead atoms. The first-order chi connectivity index (χ1) is 11.7. The van der Waals surface area contributed by atoms with Crippen LogP contribution in [0.1, 0.15) is 11.1 Å². The smallest absolute Gasteiger partial charge is 0.272 e. The maximum Gasteiger partial charge on any atom is 0.272 e. The van der Waals surface area contributed by atoms with E-state index in [2.05, 4.69) is 34.6 Å². The van der Waals surface area contributed by atoms with Crippen molar-refractivity contribution >= 4 is 10.9 Å². The van der Waals surface area contributed by atoms with Gasteiger partial charge in [-0.05, 0) is 48.2 Å². The van der Waals surface area contributed by atoms with E-state index in [1.54, 1.807) is 12.1 Å². The van der Waals surface area contributed by atoms with E-state index in [0.29, 0.717) is 12.3 Å². The lowest BCUT2D eigenvalue weighted by Gasteiger charge is -2.12. The third-order valence-corrected chi connectivity index (χ3v) is 3.86. The molecule has 0 fully saturated rings. The van der Waals surface area contributed by atoms with Crippen molar-refractivity contribution in [2.75, 3.05) is 13.2 Å². The van der Waals surface area contributed by atoms with Gasteiger partial charge in [-0.1, -0.05) is 24.3 Å². The number of aromatic nitrogens is 1. The van der Waals surface area contributed by atoms with Gasteiger partial charge in [-0.2, -0.15) is 0 Å². The van der Waals surface area contributed by atoms with E-state index in [-0.39, 0.29) is 0 Å². The van der Waals surface area contributed by atoms with Crippen LogP contribution < -0.4 is 10.1 Å². The molecular formula is C19H20F2N2O. The summed E-state index contributed by atoms with van der Waals surface area (Å²) in [5.74, 6) is 0.513. The third-order valence-electron chi connectivity index (χ3n) is 3.86. The maximum absolute atomic E-state index is 12.3. The van der Waals surface area contributed by atoms with Gasteiger partial charge in [-0.15, -0.1) is 0 Å². The number of benzene rings is 2. The zero-order chi connectivity index (χ0) is 16.8. The van der Waals surface area contributed by atoms with Crippen molar-refractivity contribution in [2.24, 2.45) is 0 Å². The van der Waals surface area contributed by atoms with Crippen molar-refractivity contribution in [1.29, 1.82) is 0 Å². The average Bonchev–Trinajstić information content (AvgIpc) is 3.05. The fraction of sp³-hybridized carbons (Fsp3) is 0.263. The SMILES string of the molecule is FC(F)COc1ccccc1CNCCc1ccc2[nH]ccc2c1. The molecule has 2 aromatic carbocycles. The Kier molecular flexibility index (Phi) is 5.43. The molecule has 2 N–H and O–H groups in total. The molecule has 0 amide bonds. The Morgan fingerprint density at radius 3 is 2.83 bits per heavy atom. The van der Waals surface area contributed by atoms with Crippen LogP contribution in [0.25, 0.3) is 10.9 Å². The van der Waals surface area contributed by atoms with Gasteiger partial charge in [0, 0.05) is 23.8 Å². The number of halogens is 2. The number of rotatable bonds is 8. The number of fused-ring (bicyclic) bond motifs is 1. The fourth-order valence-corrected chi connectivity index (χ4v) is 2.66. The largest absolute Gasteiger partial charge is 0.487 e. The van der Waals surface area contributed by atoms with Crippen LogP contribution in [0.15, 0.2) is 54.7 Å². The molecule has 0 aliphatic heterocycles. The Morgan fingerprint density at radius 2 is 1.96 bits per heavy atom. The van der Waals surface area contributed by atoms with Crippen LogP contribution in [0.4, 0.5) is 8.78 Å². The molecule has 24 heavy (non-hydrogen) atoms. The fourth-order valence-electron chi connectivity index (χ4n) is 2.66. The molecule has 0 aliphatic carbocycles. The standard InChI is InChI=1S/C19H20F2N2O/c20-19(21)13-24-18-4-2-1-3-16(18)12-22-9-7-14-5-6-17-15(11-14)8-10-23-17/h1-6,8,10-11,19,22-23H,7,9,12-13H2. The van der Waals surface area contributed by atoms with Gasteiger partial charge in [0.05, 0.1) is 0 Å². The van der Waals surface area contributed by atoms with Crippen LogP contribution in [-0.2, 0) is 13.0 Å². The molecule has 0 aliphatic rings. The van der Waals surface area contributed by atoms with Gasteiger partial charge in [0.25, 0.3) is 6.43 Å². The monoisotopic (exact) mass is 330 g/mol. The minimum absolute atomic E-state index is 0.513. The molecule has 0 unspecified atom stereocenters. The van der Waals surface area contributed by atoms with Gasteiger partial charge < -0.3 is 15.0 Å². The summed E-state index contributed by atoms with van der Waals surface area (Å²) in [7, 11) is 0. The molecule has 3 nitrogen and oxygen atoms in total. The maximum atomic E-state index is 12.3. The molecule has 0 saturated heterocycles. The number of para-hydroxylation sites is 1. The van der Waals surface area contributed by atoms with Crippen molar-refractivity contribution in [2.45, 2.75) is 19.4 Å². The molecular weight excluding hydrogens is 310 g/mol. The number of nitrogens with one attached hydrogen (secondary N) is 2. The first kappa shape index (κ1) is 16.5. The highest BCUT2D eigenvalue weighted by molar-refractivity contribution is 5.79. The summed E-state index contributed by atoms with van der Waals surface area (Å²) in [6.07, 6.45) is 0.374. The highest BCUT2D eigenvalue weighted by Gasteiger charge is 2.07. The molecule has 1 heterocycles. The van der Waals surface area contributed by atoms with Crippen LogP contribution in [0.2, 0.25) is 0 Å². The average molecular weight is 330 g/mol. The topological polar surface area (TPSA) is 37.0 Å². The number of alkyl halides is 2. The van der Waals surface area contributed by atoms with E-state index < -0.39 is 13.0 Å². The van der Waals surface area contributed by atoms with Crippen LogP contribution >= 0.6 is 0 Å². The zero-order valence-electron chi connectivity index (χ0n) is 13.3. The van der Waals surface area contributed by atoms with E-state index in [0.717, 1.165) is 24.0 Å². The molecule has 1 aromatic heterocycles. The number of hydrogen-bond donors (Lipinski definition) is 2. The van der Waals surface area contributed by atoms with E-state index in [4.69, 9.17) is 4.74 Å². The van der Waals surface area contributed by atoms with Crippen LogP contribution in [0, 0.1) is 0 Å². The molecule has 0 radical (unpaired) electrons. The summed E-state index contributed by atoms with van der Waals surface area (Å²) in [6, 6.07) is 15.7. The molecule has 3 rings (SSSR count). The minimum Gasteiger partial charge on any atom is -0.487 e. The van der Waals surface area contributed by atoms with E-state index in [1.807, 2.05) is 18.3 Å². The Balaban J connectivity index is 1.51. The lowest BCUT2D eigenvalue weighted by atomic mass is 10.1. The zero-order valence-corrected chi connectivity index (χ0v) is 13.3. The number of aromatic amines is 1. The van der Waals surface area contributed by atoms with E-state index in [1.165, 1.54) is 10.9 Å². The Bertz CT molecular complexity index is 786. The van der Waals surface area contributed by atoms with Gasteiger partial charge in [0.15, 0.2) is 0 Å². The van der Waals surface area contributed by atoms with Gasteiger partial charge >= 0.3 is 0 Å². The van der Waals surface area contributed by atoms with Crippen molar-refractivity contribution in [3.05, 3.63) is 65.9 Å². The lowest BCUT2D eigenvalue weighted by molar-refractivity contribution is 0.0814. The predicted molar refractivity (Wildman–Crippen MR) is 91.7 cm³/mol. The number of ether oxygens (including phenoxy) is 1. The Hall–Kier alpha value is -2.40. The Labute approximate surface area is 139 Å². The third kappa shape index (κ3) is 4.32. The molecule has 0 spiro atoms. The van der Waals surface area contributed by atoms with Crippen molar-refractivity contribution < 1.29 is 13.5 Å². The van der Waals surface area contributed by atoms with Gasteiger partial charge in [0.1, 0.15) is 12.4 Å². The number of hydrogen-bond acceptors (Lipinski definition) is 2.